The van der Waals surface area contributed by atoms with Crippen molar-refractivity contribution in [3.63, 3.8) is 0 Å². The largest absolute Gasteiger partial charge is 0.322 e. The van der Waals surface area contributed by atoms with Crippen LogP contribution in [0, 0.1) is 20.8 Å². The predicted molar refractivity (Wildman–Crippen MR) is 141 cm³/mol. The van der Waals surface area contributed by atoms with Crippen LogP contribution in [0.2, 0.25) is 0 Å². The Morgan fingerprint density at radius 2 is 1.88 bits per heavy atom. The number of nitrogens with one attached hydrogen (secondary N) is 1. The highest BCUT2D eigenvalue weighted by molar-refractivity contribution is 7.99. The summed E-state index contributed by atoms with van der Waals surface area (Å²) in [4.78, 5) is 21.6. The van der Waals surface area contributed by atoms with Gasteiger partial charge in [-0.3, -0.25) is 0 Å². The van der Waals surface area contributed by atoms with Crippen LogP contribution in [0.4, 0.5) is 10.5 Å². The highest BCUT2D eigenvalue weighted by Gasteiger charge is 2.32. The average molecular weight is 478 g/mol. The van der Waals surface area contributed by atoms with Crippen molar-refractivity contribution in [3.8, 4) is 0 Å². The first-order chi connectivity index (χ1) is 15.9. The topological polar surface area (TPSA) is 45.2 Å². The van der Waals surface area contributed by atoms with E-state index in [2.05, 4.69) is 66.6 Å². The number of nitrogens with zero attached hydrogens (tertiary/aromatic N) is 2. The first-order valence-corrected chi connectivity index (χ1v) is 13.7. The molecule has 1 atom stereocenters. The van der Waals surface area contributed by atoms with E-state index in [4.69, 9.17) is 0 Å². The Balaban J connectivity index is 1.72. The summed E-state index contributed by atoms with van der Waals surface area (Å²) in [5, 5.41) is 4.10. The van der Waals surface area contributed by atoms with Gasteiger partial charge in [-0.1, -0.05) is 48.0 Å². The highest BCUT2D eigenvalue weighted by Crippen LogP contribution is 2.39. The molecule has 1 heterocycles. The molecular weight excluding hydrogens is 446 g/mol. The summed E-state index contributed by atoms with van der Waals surface area (Å²) in [6, 6.07) is 17.0. The van der Waals surface area contributed by atoms with Crippen molar-refractivity contribution in [2.24, 2.45) is 0 Å². The van der Waals surface area contributed by atoms with E-state index in [1.807, 2.05) is 30.4 Å². The highest BCUT2D eigenvalue weighted by atomic mass is 32.2. The van der Waals surface area contributed by atoms with Gasteiger partial charge < -0.3 is 10.2 Å². The zero-order chi connectivity index (χ0) is 23.5. The van der Waals surface area contributed by atoms with E-state index in [9.17, 15) is 4.79 Å². The van der Waals surface area contributed by atoms with E-state index in [0.29, 0.717) is 6.54 Å². The SMILES string of the molecule is CSc1cc(C)nc(SC)c1NC(=O)N(Cc1ccc(C)cc1C)C1CCc2ccccc21. The second-order valence-electron chi connectivity index (χ2n) is 8.59. The first-order valence-electron chi connectivity index (χ1n) is 11.2. The van der Waals surface area contributed by atoms with Gasteiger partial charge in [-0.05, 0) is 74.4 Å². The normalized spacial score (nSPS) is 14.8. The molecule has 0 aliphatic heterocycles. The standard InChI is InChI=1S/C27H31N3OS2/c1-17-10-11-21(18(2)14-17)16-30(23-13-12-20-8-6-7-9-22(20)23)27(31)29-25-24(32-4)15-19(3)28-26(25)33-5/h6-11,14-15,23H,12-13,16H2,1-5H3,(H,29,31). The van der Waals surface area contributed by atoms with E-state index in [-0.39, 0.29) is 12.1 Å². The molecule has 1 N–H and O–H groups in total. The quantitative estimate of drug-likeness (QED) is 0.382. The van der Waals surface area contributed by atoms with Crippen LogP contribution in [0.15, 0.2) is 58.5 Å². The Hall–Kier alpha value is -2.44. The fourth-order valence-electron chi connectivity index (χ4n) is 4.61. The molecule has 33 heavy (non-hydrogen) atoms. The van der Waals surface area contributed by atoms with Gasteiger partial charge in [0.05, 0.1) is 11.7 Å². The molecule has 3 aromatic rings. The molecule has 1 aromatic heterocycles. The Labute approximate surface area is 205 Å². The van der Waals surface area contributed by atoms with Crippen LogP contribution in [0.3, 0.4) is 0 Å². The summed E-state index contributed by atoms with van der Waals surface area (Å²) in [6.45, 7) is 6.79. The number of amides is 2. The number of hydrogen-bond donors (Lipinski definition) is 1. The lowest BCUT2D eigenvalue weighted by molar-refractivity contribution is 0.183. The van der Waals surface area contributed by atoms with Crippen molar-refractivity contribution >= 4 is 35.2 Å². The van der Waals surface area contributed by atoms with Gasteiger partial charge in [0, 0.05) is 17.1 Å². The summed E-state index contributed by atoms with van der Waals surface area (Å²) in [5.74, 6) is 0. The zero-order valence-electron chi connectivity index (χ0n) is 19.9. The molecule has 0 radical (unpaired) electrons. The van der Waals surface area contributed by atoms with Crippen molar-refractivity contribution in [2.45, 2.75) is 56.1 Å². The number of benzene rings is 2. The predicted octanol–water partition coefficient (Wildman–Crippen LogP) is 7.17. The van der Waals surface area contributed by atoms with E-state index in [0.717, 1.165) is 34.1 Å². The number of fused-ring (bicyclic) bond motifs is 1. The van der Waals surface area contributed by atoms with Crippen LogP contribution < -0.4 is 5.32 Å². The van der Waals surface area contributed by atoms with Gasteiger partial charge in [0.15, 0.2) is 0 Å². The maximum Gasteiger partial charge on any atom is 0.322 e. The monoisotopic (exact) mass is 477 g/mol. The lowest BCUT2D eigenvalue weighted by Crippen LogP contribution is -2.37. The van der Waals surface area contributed by atoms with E-state index >= 15 is 0 Å². The van der Waals surface area contributed by atoms with Gasteiger partial charge in [-0.25, -0.2) is 9.78 Å². The Morgan fingerprint density at radius 1 is 1.09 bits per heavy atom. The van der Waals surface area contributed by atoms with Gasteiger partial charge in [-0.15, -0.1) is 23.5 Å². The molecule has 6 heteroatoms. The third-order valence-corrected chi connectivity index (χ3v) is 7.74. The van der Waals surface area contributed by atoms with Crippen LogP contribution in [-0.2, 0) is 13.0 Å². The van der Waals surface area contributed by atoms with Crippen LogP contribution in [0.25, 0.3) is 0 Å². The molecule has 0 saturated carbocycles. The number of thioether (sulfide) groups is 2. The summed E-state index contributed by atoms with van der Waals surface area (Å²) in [5.41, 5.74) is 7.99. The molecule has 172 valence electrons. The maximum absolute atomic E-state index is 13.9. The van der Waals surface area contributed by atoms with Gasteiger partial charge in [0.2, 0.25) is 0 Å². The van der Waals surface area contributed by atoms with Gasteiger partial charge in [0.1, 0.15) is 5.03 Å². The Kier molecular flexibility index (Phi) is 7.35. The summed E-state index contributed by atoms with van der Waals surface area (Å²) in [7, 11) is 0. The van der Waals surface area contributed by atoms with Crippen LogP contribution in [-0.4, -0.2) is 28.4 Å². The molecule has 1 aliphatic carbocycles. The minimum Gasteiger partial charge on any atom is -0.313 e. The molecule has 4 nitrogen and oxygen atoms in total. The number of urea groups is 1. The van der Waals surface area contributed by atoms with Gasteiger partial charge in [-0.2, -0.15) is 0 Å². The van der Waals surface area contributed by atoms with Crippen molar-refractivity contribution < 1.29 is 4.79 Å². The number of hydrogen-bond acceptors (Lipinski definition) is 4. The molecule has 0 saturated heterocycles. The van der Waals surface area contributed by atoms with Crippen LogP contribution in [0.5, 0.6) is 0 Å². The van der Waals surface area contributed by atoms with Gasteiger partial charge >= 0.3 is 6.03 Å². The van der Waals surface area contributed by atoms with E-state index in [1.54, 1.807) is 23.5 Å². The number of rotatable bonds is 6. The number of carbonyl (C=O) groups excluding carboxylic acids is 1. The third kappa shape index (κ3) is 5.07. The van der Waals surface area contributed by atoms with E-state index < -0.39 is 0 Å². The first kappa shape index (κ1) is 23.7. The zero-order valence-corrected chi connectivity index (χ0v) is 21.6. The van der Waals surface area contributed by atoms with Gasteiger partial charge in [0.25, 0.3) is 0 Å². The molecule has 0 bridgehead atoms. The lowest BCUT2D eigenvalue weighted by atomic mass is 10.0. The number of anilines is 1. The number of aryl methyl sites for hydroxylation is 4. The molecule has 1 unspecified atom stereocenters. The maximum atomic E-state index is 13.9. The summed E-state index contributed by atoms with van der Waals surface area (Å²) in [6.07, 6.45) is 5.97. The van der Waals surface area contributed by atoms with Crippen molar-refractivity contribution in [2.75, 3.05) is 17.8 Å². The second-order valence-corrected chi connectivity index (χ2v) is 10.2. The Morgan fingerprint density at radius 3 is 2.61 bits per heavy atom. The molecule has 0 fully saturated rings. The molecule has 2 amide bonds. The van der Waals surface area contributed by atoms with E-state index in [1.165, 1.54) is 27.8 Å². The molecule has 4 rings (SSSR count). The minimum atomic E-state index is -0.0760. The average Bonchev–Trinajstić information content (AvgIpc) is 3.23. The smallest absolute Gasteiger partial charge is 0.313 e. The fraction of sp³-hybridized carbons (Fsp3) is 0.333. The van der Waals surface area contributed by atoms with Crippen LogP contribution >= 0.6 is 23.5 Å². The summed E-state index contributed by atoms with van der Waals surface area (Å²) < 4.78 is 0. The lowest BCUT2D eigenvalue weighted by Gasteiger charge is -2.31. The molecule has 2 aromatic carbocycles. The number of aromatic nitrogens is 1. The fourth-order valence-corrected chi connectivity index (χ4v) is 5.91. The second kappa shape index (κ2) is 10.2. The molecule has 0 spiro atoms. The molecule has 1 aliphatic rings. The van der Waals surface area contributed by atoms with Crippen molar-refractivity contribution in [1.29, 1.82) is 0 Å². The minimum absolute atomic E-state index is 0.0516. The number of pyridine rings is 1. The number of carbonyl (C=O) groups is 1. The van der Waals surface area contributed by atoms with Crippen LogP contribution in [0.1, 0.15) is 46.0 Å². The molecular formula is C27H31N3OS2. The van der Waals surface area contributed by atoms with Crippen molar-refractivity contribution in [3.05, 3.63) is 82.0 Å². The van der Waals surface area contributed by atoms with Crippen molar-refractivity contribution in [1.82, 2.24) is 9.88 Å². The Bertz CT molecular complexity index is 1150. The summed E-state index contributed by atoms with van der Waals surface area (Å²) >= 11 is 3.20. The third-order valence-electron chi connectivity index (χ3n) is 6.30.